The minimum Gasteiger partial charge on any atom is -0.382 e. The van der Waals surface area contributed by atoms with Gasteiger partial charge in [-0.1, -0.05) is 11.6 Å². The first-order valence-corrected chi connectivity index (χ1v) is 7.37. The molecule has 0 amide bonds. The molecule has 1 N–H and O–H groups in total. The van der Waals surface area contributed by atoms with Crippen LogP contribution in [0, 0.1) is 6.92 Å². The largest absolute Gasteiger partial charge is 0.382 e. The molecule has 0 aromatic heterocycles. The van der Waals surface area contributed by atoms with Crippen molar-refractivity contribution in [1.29, 1.82) is 0 Å². The average Bonchev–Trinajstić information content (AvgIpc) is 2.80. The molecule has 0 spiro atoms. The van der Waals surface area contributed by atoms with Crippen molar-refractivity contribution in [3.8, 4) is 0 Å². The third-order valence-electron chi connectivity index (χ3n) is 4.37. The highest BCUT2D eigenvalue weighted by atomic mass is 35.5. The number of rotatable bonds is 2. The van der Waals surface area contributed by atoms with Crippen LogP contribution in [0.15, 0.2) is 18.2 Å². The summed E-state index contributed by atoms with van der Waals surface area (Å²) in [6, 6.07) is 7.57. The van der Waals surface area contributed by atoms with Crippen molar-refractivity contribution in [2.24, 2.45) is 0 Å². The van der Waals surface area contributed by atoms with E-state index in [0.29, 0.717) is 6.04 Å². The fraction of sp³-hybridized carbons (Fsp3) is 0.600. The number of aryl methyl sites for hydroxylation is 1. The normalized spacial score (nSPS) is 28.1. The monoisotopic (exact) mass is 264 g/mol. The average molecular weight is 265 g/mol. The Morgan fingerprint density at radius 3 is 3.00 bits per heavy atom. The van der Waals surface area contributed by atoms with Crippen molar-refractivity contribution in [3.63, 3.8) is 0 Å². The molecule has 2 unspecified atom stereocenters. The number of anilines is 1. The van der Waals surface area contributed by atoms with E-state index in [0.717, 1.165) is 11.1 Å². The lowest BCUT2D eigenvalue weighted by molar-refractivity contribution is 0.188. The number of benzene rings is 1. The van der Waals surface area contributed by atoms with Crippen LogP contribution in [0.25, 0.3) is 0 Å². The minimum atomic E-state index is 0.629. The number of piperidine rings is 1. The van der Waals surface area contributed by atoms with E-state index in [1.165, 1.54) is 50.0 Å². The topological polar surface area (TPSA) is 15.3 Å². The number of hydrogen-bond donors (Lipinski definition) is 1. The highest BCUT2D eigenvalue weighted by molar-refractivity contribution is 6.30. The van der Waals surface area contributed by atoms with Crippen molar-refractivity contribution >= 4 is 17.3 Å². The Labute approximate surface area is 114 Å². The van der Waals surface area contributed by atoms with E-state index >= 15 is 0 Å². The second-order valence-electron chi connectivity index (χ2n) is 5.66. The van der Waals surface area contributed by atoms with Gasteiger partial charge in [0.1, 0.15) is 0 Å². The molecule has 18 heavy (non-hydrogen) atoms. The molecule has 98 valence electrons. The molecule has 2 nitrogen and oxygen atoms in total. The molecule has 2 saturated heterocycles. The molecule has 2 fully saturated rings. The summed E-state index contributed by atoms with van der Waals surface area (Å²) in [5.41, 5.74) is 2.49. The summed E-state index contributed by atoms with van der Waals surface area (Å²) >= 11 is 6.00. The lowest BCUT2D eigenvalue weighted by Gasteiger charge is -2.35. The van der Waals surface area contributed by atoms with Crippen LogP contribution < -0.4 is 5.32 Å². The molecular formula is C15H21ClN2. The molecule has 2 aliphatic rings. The van der Waals surface area contributed by atoms with Crippen LogP contribution >= 0.6 is 11.6 Å². The van der Waals surface area contributed by atoms with Gasteiger partial charge in [0, 0.05) is 29.3 Å². The van der Waals surface area contributed by atoms with E-state index in [-0.39, 0.29) is 0 Å². The van der Waals surface area contributed by atoms with Crippen LogP contribution in [0.3, 0.4) is 0 Å². The smallest absolute Gasteiger partial charge is 0.0410 e. The molecule has 1 aromatic carbocycles. The molecule has 0 saturated carbocycles. The molecule has 0 bridgehead atoms. The van der Waals surface area contributed by atoms with Gasteiger partial charge in [-0.15, -0.1) is 0 Å². The maximum atomic E-state index is 6.00. The first-order chi connectivity index (χ1) is 8.72. The zero-order chi connectivity index (χ0) is 12.5. The van der Waals surface area contributed by atoms with Crippen molar-refractivity contribution in [3.05, 3.63) is 28.8 Å². The Balaban J connectivity index is 1.66. The molecule has 3 heteroatoms. The van der Waals surface area contributed by atoms with Gasteiger partial charge in [0.2, 0.25) is 0 Å². The summed E-state index contributed by atoms with van der Waals surface area (Å²) in [5, 5.41) is 4.53. The summed E-state index contributed by atoms with van der Waals surface area (Å²) in [6.07, 6.45) is 5.33. The SMILES string of the molecule is Cc1cc(Cl)ccc1NC1CCN2CCCC2C1. The van der Waals surface area contributed by atoms with Gasteiger partial charge in [0.15, 0.2) is 0 Å². The molecule has 2 aliphatic heterocycles. The number of nitrogens with zero attached hydrogens (tertiary/aromatic N) is 1. The van der Waals surface area contributed by atoms with Gasteiger partial charge in [-0.3, -0.25) is 0 Å². The summed E-state index contributed by atoms with van der Waals surface area (Å²) in [5.74, 6) is 0. The third-order valence-corrected chi connectivity index (χ3v) is 4.60. The number of fused-ring (bicyclic) bond motifs is 1. The Kier molecular flexibility index (Phi) is 3.49. The highest BCUT2D eigenvalue weighted by Gasteiger charge is 2.31. The fourth-order valence-corrected chi connectivity index (χ4v) is 3.59. The zero-order valence-electron chi connectivity index (χ0n) is 11.0. The van der Waals surface area contributed by atoms with E-state index in [4.69, 9.17) is 11.6 Å². The Morgan fingerprint density at radius 1 is 1.28 bits per heavy atom. The maximum absolute atomic E-state index is 6.00. The quantitative estimate of drug-likeness (QED) is 0.877. The van der Waals surface area contributed by atoms with Crippen LogP contribution in [-0.4, -0.2) is 30.1 Å². The lowest BCUT2D eigenvalue weighted by Crippen LogP contribution is -2.42. The van der Waals surface area contributed by atoms with E-state index in [1.807, 2.05) is 12.1 Å². The fourth-order valence-electron chi connectivity index (χ4n) is 3.36. The second-order valence-corrected chi connectivity index (χ2v) is 6.09. The summed E-state index contributed by atoms with van der Waals surface area (Å²) in [7, 11) is 0. The van der Waals surface area contributed by atoms with Gasteiger partial charge in [-0.2, -0.15) is 0 Å². The van der Waals surface area contributed by atoms with Crippen LogP contribution in [0.2, 0.25) is 5.02 Å². The van der Waals surface area contributed by atoms with Gasteiger partial charge in [-0.05, 0) is 62.9 Å². The van der Waals surface area contributed by atoms with Crippen LogP contribution in [0.5, 0.6) is 0 Å². The zero-order valence-corrected chi connectivity index (χ0v) is 11.7. The van der Waals surface area contributed by atoms with E-state index in [9.17, 15) is 0 Å². The number of nitrogens with one attached hydrogen (secondary N) is 1. The van der Waals surface area contributed by atoms with Crippen molar-refractivity contribution < 1.29 is 0 Å². The van der Waals surface area contributed by atoms with Crippen LogP contribution in [-0.2, 0) is 0 Å². The van der Waals surface area contributed by atoms with Crippen molar-refractivity contribution in [2.75, 3.05) is 18.4 Å². The van der Waals surface area contributed by atoms with Gasteiger partial charge < -0.3 is 10.2 Å². The summed E-state index contributed by atoms with van der Waals surface area (Å²) in [4.78, 5) is 2.66. The predicted molar refractivity (Wildman–Crippen MR) is 77.4 cm³/mol. The number of halogens is 1. The van der Waals surface area contributed by atoms with Crippen LogP contribution in [0.4, 0.5) is 5.69 Å². The van der Waals surface area contributed by atoms with Crippen LogP contribution in [0.1, 0.15) is 31.2 Å². The van der Waals surface area contributed by atoms with Gasteiger partial charge in [-0.25, -0.2) is 0 Å². The summed E-state index contributed by atoms with van der Waals surface area (Å²) in [6.45, 7) is 4.70. The third kappa shape index (κ3) is 2.50. The molecular weight excluding hydrogens is 244 g/mol. The molecule has 1 aromatic rings. The first kappa shape index (κ1) is 12.3. The first-order valence-electron chi connectivity index (χ1n) is 6.99. The van der Waals surface area contributed by atoms with Gasteiger partial charge in [0.05, 0.1) is 0 Å². The lowest BCUT2D eigenvalue weighted by atomic mass is 9.97. The Morgan fingerprint density at radius 2 is 2.17 bits per heavy atom. The van der Waals surface area contributed by atoms with E-state index in [2.05, 4.69) is 23.2 Å². The molecule has 2 heterocycles. The molecule has 0 radical (unpaired) electrons. The highest BCUT2D eigenvalue weighted by Crippen LogP contribution is 2.29. The van der Waals surface area contributed by atoms with E-state index in [1.54, 1.807) is 0 Å². The maximum Gasteiger partial charge on any atom is 0.0410 e. The van der Waals surface area contributed by atoms with Gasteiger partial charge >= 0.3 is 0 Å². The van der Waals surface area contributed by atoms with Crippen molar-refractivity contribution in [2.45, 2.75) is 44.7 Å². The van der Waals surface area contributed by atoms with Gasteiger partial charge in [0.25, 0.3) is 0 Å². The molecule has 0 aliphatic carbocycles. The van der Waals surface area contributed by atoms with E-state index < -0.39 is 0 Å². The standard InChI is InChI=1S/C15H21ClN2/c1-11-9-12(16)4-5-15(11)17-13-6-8-18-7-2-3-14(18)10-13/h4-5,9,13-14,17H,2-3,6-8,10H2,1H3. The predicted octanol–water partition coefficient (Wildman–Crippen LogP) is 3.69. The molecule has 2 atom stereocenters. The minimum absolute atomic E-state index is 0.629. The number of hydrogen-bond acceptors (Lipinski definition) is 2. The molecule has 3 rings (SSSR count). The Bertz CT molecular complexity index is 433. The van der Waals surface area contributed by atoms with Crippen molar-refractivity contribution in [1.82, 2.24) is 4.90 Å². The Hall–Kier alpha value is -0.730. The summed E-state index contributed by atoms with van der Waals surface area (Å²) < 4.78 is 0. The second kappa shape index (κ2) is 5.10.